The van der Waals surface area contributed by atoms with Crippen LogP contribution in [0.2, 0.25) is 0 Å². The van der Waals surface area contributed by atoms with Gasteiger partial charge in [-0.3, -0.25) is 0 Å². The van der Waals surface area contributed by atoms with Gasteiger partial charge in [-0.2, -0.15) is 22.2 Å². The molecule has 118 valence electrons. The number of hydrogen-bond acceptors (Lipinski definition) is 7. The lowest BCUT2D eigenvalue weighted by Gasteiger charge is -2.28. The Bertz CT molecular complexity index is 732. The van der Waals surface area contributed by atoms with Gasteiger partial charge < -0.3 is 10.2 Å². The highest BCUT2D eigenvalue weighted by Crippen LogP contribution is 2.25. The monoisotopic (exact) mass is 331 g/mol. The zero-order valence-corrected chi connectivity index (χ0v) is 13.0. The lowest BCUT2D eigenvalue weighted by atomic mass is 10.2. The molecule has 9 heteroatoms. The molecule has 23 heavy (non-hydrogen) atoms. The van der Waals surface area contributed by atoms with Crippen molar-refractivity contribution in [3.63, 3.8) is 0 Å². The molecule has 2 heterocycles. The Balaban J connectivity index is 1.74. The number of nitrogens with one attached hydrogen (secondary N) is 2. The summed E-state index contributed by atoms with van der Waals surface area (Å²) < 4.78 is 14.3. The van der Waals surface area contributed by atoms with E-state index in [1.807, 2.05) is 22.7 Å². The Kier molecular flexibility index (Phi) is 4.73. The highest BCUT2D eigenvalue weighted by atomic mass is 32.2. The first kappa shape index (κ1) is 15.3. The first-order valence-corrected chi connectivity index (χ1v) is 8.16. The van der Waals surface area contributed by atoms with Gasteiger partial charge >= 0.3 is 0 Å². The SMILES string of the molecule is N#CC(=CNc1ccc(N2CCSCC2)c(F)c1)c1nn[nH]n1. The predicted molar refractivity (Wildman–Crippen MR) is 87.3 cm³/mol. The van der Waals surface area contributed by atoms with Gasteiger partial charge in [0.05, 0.1) is 5.69 Å². The third-order valence-corrected chi connectivity index (χ3v) is 4.33. The van der Waals surface area contributed by atoms with E-state index in [1.54, 1.807) is 12.1 Å². The first-order chi connectivity index (χ1) is 11.3. The molecule has 0 radical (unpaired) electrons. The summed E-state index contributed by atoms with van der Waals surface area (Å²) in [7, 11) is 0. The van der Waals surface area contributed by atoms with Crippen LogP contribution in [0.5, 0.6) is 0 Å². The number of rotatable bonds is 4. The molecule has 3 rings (SSSR count). The number of benzene rings is 1. The van der Waals surface area contributed by atoms with E-state index in [0.29, 0.717) is 11.4 Å². The molecular weight excluding hydrogens is 317 g/mol. The maximum atomic E-state index is 14.3. The molecule has 1 fully saturated rings. The van der Waals surface area contributed by atoms with Crippen molar-refractivity contribution < 1.29 is 4.39 Å². The fraction of sp³-hybridized carbons (Fsp3) is 0.286. The second-order valence-electron chi connectivity index (χ2n) is 4.82. The molecular formula is C14H14FN7S. The maximum absolute atomic E-state index is 14.3. The van der Waals surface area contributed by atoms with E-state index in [1.165, 1.54) is 12.3 Å². The van der Waals surface area contributed by atoms with Crippen molar-refractivity contribution in [3.05, 3.63) is 36.0 Å². The maximum Gasteiger partial charge on any atom is 0.216 e. The van der Waals surface area contributed by atoms with Crippen molar-refractivity contribution >= 4 is 28.7 Å². The predicted octanol–water partition coefficient (Wildman–Crippen LogP) is 1.87. The summed E-state index contributed by atoms with van der Waals surface area (Å²) in [5, 5.41) is 25.1. The molecule has 2 N–H and O–H groups in total. The van der Waals surface area contributed by atoms with Crippen molar-refractivity contribution in [3.8, 4) is 6.07 Å². The van der Waals surface area contributed by atoms with E-state index in [4.69, 9.17) is 5.26 Å². The van der Waals surface area contributed by atoms with Crippen LogP contribution in [0.4, 0.5) is 15.8 Å². The highest BCUT2D eigenvalue weighted by molar-refractivity contribution is 7.99. The standard InChI is InChI=1S/C14H14FN7S/c15-12-7-11(1-2-13(12)22-3-5-23-6-4-22)17-9-10(8-16)14-18-20-21-19-14/h1-2,7,9,17H,3-6H2,(H,18,19,20,21). The van der Waals surface area contributed by atoms with E-state index >= 15 is 0 Å². The Morgan fingerprint density at radius 2 is 2.26 bits per heavy atom. The average Bonchev–Trinajstić information content (AvgIpc) is 3.11. The summed E-state index contributed by atoms with van der Waals surface area (Å²) in [5.74, 6) is 1.92. The van der Waals surface area contributed by atoms with E-state index < -0.39 is 0 Å². The number of halogens is 1. The van der Waals surface area contributed by atoms with Crippen LogP contribution in [0.3, 0.4) is 0 Å². The summed E-state index contributed by atoms with van der Waals surface area (Å²) in [6.45, 7) is 1.70. The smallest absolute Gasteiger partial charge is 0.216 e. The van der Waals surface area contributed by atoms with Crippen LogP contribution in [0.25, 0.3) is 5.57 Å². The topological polar surface area (TPSA) is 93.5 Å². The number of thioether (sulfide) groups is 1. The average molecular weight is 331 g/mol. The molecule has 0 spiro atoms. The number of H-pyrrole nitrogens is 1. The summed E-state index contributed by atoms with van der Waals surface area (Å²) in [6.07, 6.45) is 1.43. The molecule has 1 aromatic carbocycles. The Hall–Kier alpha value is -2.60. The van der Waals surface area contributed by atoms with E-state index in [9.17, 15) is 4.39 Å². The summed E-state index contributed by atoms with van der Waals surface area (Å²) in [4.78, 5) is 2.05. The molecule has 1 aliphatic heterocycles. The van der Waals surface area contributed by atoms with Gasteiger partial charge in [0.2, 0.25) is 5.82 Å². The Labute approximate surface area is 136 Å². The first-order valence-electron chi connectivity index (χ1n) is 7.01. The lowest BCUT2D eigenvalue weighted by Crippen LogP contribution is -2.33. The zero-order valence-electron chi connectivity index (χ0n) is 12.2. The minimum atomic E-state index is -0.284. The third kappa shape index (κ3) is 3.60. The molecule has 2 aromatic rings. The van der Waals surface area contributed by atoms with E-state index in [0.717, 1.165) is 24.6 Å². The van der Waals surface area contributed by atoms with Gasteiger partial charge in [0, 0.05) is 36.5 Å². The van der Waals surface area contributed by atoms with Crippen LogP contribution in [0, 0.1) is 17.1 Å². The summed E-state index contributed by atoms with van der Waals surface area (Å²) in [6, 6.07) is 6.91. The van der Waals surface area contributed by atoms with Gasteiger partial charge in [-0.05, 0) is 23.4 Å². The zero-order chi connectivity index (χ0) is 16.1. The highest BCUT2D eigenvalue weighted by Gasteiger charge is 2.15. The normalized spacial score (nSPS) is 15.3. The van der Waals surface area contributed by atoms with E-state index in [2.05, 4.69) is 25.9 Å². The molecule has 7 nitrogen and oxygen atoms in total. The number of hydrogen-bond donors (Lipinski definition) is 2. The minimum absolute atomic E-state index is 0.183. The largest absolute Gasteiger partial charge is 0.368 e. The molecule has 0 atom stereocenters. The minimum Gasteiger partial charge on any atom is -0.368 e. The lowest BCUT2D eigenvalue weighted by molar-refractivity contribution is 0.620. The molecule has 0 amide bonds. The van der Waals surface area contributed by atoms with Crippen LogP contribution in [-0.4, -0.2) is 45.2 Å². The van der Waals surface area contributed by atoms with Crippen molar-refractivity contribution in [1.82, 2.24) is 20.6 Å². The quantitative estimate of drug-likeness (QED) is 0.826. The van der Waals surface area contributed by atoms with E-state index in [-0.39, 0.29) is 17.2 Å². The van der Waals surface area contributed by atoms with Crippen LogP contribution in [0.15, 0.2) is 24.4 Å². The van der Waals surface area contributed by atoms with Gasteiger partial charge in [-0.15, -0.1) is 10.2 Å². The van der Waals surface area contributed by atoms with Gasteiger partial charge in [-0.25, -0.2) is 4.39 Å². The van der Waals surface area contributed by atoms with Crippen molar-refractivity contribution in [2.45, 2.75) is 0 Å². The number of anilines is 2. The van der Waals surface area contributed by atoms with Gasteiger partial charge in [0.15, 0.2) is 0 Å². The van der Waals surface area contributed by atoms with Crippen molar-refractivity contribution in [2.75, 3.05) is 34.8 Å². The van der Waals surface area contributed by atoms with Gasteiger partial charge in [-0.1, -0.05) is 0 Å². The van der Waals surface area contributed by atoms with Crippen LogP contribution in [0.1, 0.15) is 5.82 Å². The van der Waals surface area contributed by atoms with Crippen LogP contribution in [-0.2, 0) is 0 Å². The Morgan fingerprint density at radius 1 is 1.43 bits per heavy atom. The molecule has 0 aliphatic carbocycles. The third-order valence-electron chi connectivity index (χ3n) is 3.39. The van der Waals surface area contributed by atoms with Crippen molar-refractivity contribution in [1.29, 1.82) is 5.26 Å². The van der Waals surface area contributed by atoms with Gasteiger partial charge in [0.1, 0.15) is 17.5 Å². The number of nitriles is 1. The Morgan fingerprint density at radius 3 is 2.91 bits per heavy atom. The molecule has 0 saturated carbocycles. The van der Waals surface area contributed by atoms with Crippen LogP contribution < -0.4 is 10.2 Å². The van der Waals surface area contributed by atoms with Crippen LogP contribution >= 0.6 is 11.8 Å². The number of nitrogens with zero attached hydrogens (tertiary/aromatic N) is 5. The molecule has 0 bridgehead atoms. The number of aromatic amines is 1. The molecule has 1 saturated heterocycles. The second-order valence-corrected chi connectivity index (χ2v) is 6.04. The summed E-state index contributed by atoms with van der Waals surface area (Å²) >= 11 is 1.88. The second kappa shape index (κ2) is 7.11. The molecule has 1 aromatic heterocycles. The number of aromatic nitrogens is 4. The number of allylic oxidation sites excluding steroid dienone is 1. The number of tetrazole rings is 1. The summed E-state index contributed by atoms with van der Waals surface area (Å²) in [5.41, 5.74) is 1.36. The molecule has 0 unspecified atom stereocenters. The van der Waals surface area contributed by atoms with Crippen molar-refractivity contribution in [2.24, 2.45) is 0 Å². The fourth-order valence-electron chi connectivity index (χ4n) is 2.24. The molecule has 1 aliphatic rings. The van der Waals surface area contributed by atoms with Gasteiger partial charge in [0.25, 0.3) is 0 Å². The fourth-order valence-corrected chi connectivity index (χ4v) is 3.14.